The number of carbonyl (C=O) groups excluding carboxylic acids is 1. The van der Waals surface area contributed by atoms with E-state index in [0.717, 1.165) is 4.90 Å². The lowest BCUT2D eigenvalue weighted by Gasteiger charge is -2.07. The highest BCUT2D eigenvalue weighted by Gasteiger charge is 2.17. The normalized spacial score (nSPS) is 10.1. The summed E-state index contributed by atoms with van der Waals surface area (Å²) in [5, 5.41) is 13.7. The molecule has 0 unspecified atom stereocenters. The van der Waals surface area contributed by atoms with E-state index in [9.17, 15) is 14.9 Å². The Labute approximate surface area is 125 Å². The van der Waals surface area contributed by atoms with Gasteiger partial charge in [0.2, 0.25) is 5.91 Å². The van der Waals surface area contributed by atoms with Crippen molar-refractivity contribution in [2.45, 2.75) is 16.7 Å². The second kappa shape index (κ2) is 6.27. The number of rotatable bonds is 4. The SMILES string of the molecule is CC(=O)Nc1ccc(Sc2ccccc2N)c([N+](=O)[O-])c1. The van der Waals surface area contributed by atoms with Crippen molar-refractivity contribution in [1.29, 1.82) is 0 Å². The predicted octanol–water partition coefficient (Wildman–Crippen LogP) is 3.29. The van der Waals surface area contributed by atoms with Gasteiger partial charge in [-0.1, -0.05) is 23.9 Å². The number of amides is 1. The Hall–Kier alpha value is -2.54. The molecule has 0 fully saturated rings. The molecule has 6 nitrogen and oxygen atoms in total. The van der Waals surface area contributed by atoms with Crippen LogP contribution in [0.15, 0.2) is 52.3 Å². The van der Waals surface area contributed by atoms with Crippen molar-refractivity contribution in [2.24, 2.45) is 0 Å². The summed E-state index contributed by atoms with van der Waals surface area (Å²) in [7, 11) is 0. The van der Waals surface area contributed by atoms with Crippen LogP contribution < -0.4 is 11.1 Å². The van der Waals surface area contributed by atoms with Gasteiger partial charge in [0.25, 0.3) is 5.69 Å². The van der Waals surface area contributed by atoms with Gasteiger partial charge >= 0.3 is 0 Å². The Balaban J connectivity index is 2.37. The first-order valence-electron chi connectivity index (χ1n) is 6.06. The topological polar surface area (TPSA) is 98.3 Å². The third kappa shape index (κ3) is 3.73. The molecule has 21 heavy (non-hydrogen) atoms. The molecule has 1 amide bonds. The summed E-state index contributed by atoms with van der Waals surface area (Å²) < 4.78 is 0. The van der Waals surface area contributed by atoms with Crippen molar-refractivity contribution < 1.29 is 9.72 Å². The Morgan fingerprint density at radius 3 is 2.57 bits per heavy atom. The van der Waals surface area contributed by atoms with Gasteiger partial charge in [0.15, 0.2) is 0 Å². The third-order valence-corrected chi connectivity index (χ3v) is 3.77. The molecule has 108 valence electrons. The minimum Gasteiger partial charge on any atom is -0.398 e. The fraction of sp³-hybridized carbons (Fsp3) is 0.0714. The maximum absolute atomic E-state index is 11.2. The number of nitrogen functional groups attached to an aromatic ring is 1. The van der Waals surface area contributed by atoms with Crippen LogP contribution in [-0.2, 0) is 4.79 Å². The molecule has 0 atom stereocenters. The van der Waals surface area contributed by atoms with E-state index in [1.54, 1.807) is 30.3 Å². The Kier molecular flexibility index (Phi) is 4.44. The first-order valence-corrected chi connectivity index (χ1v) is 6.87. The number of carbonyl (C=O) groups is 1. The van der Waals surface area contributed by atoms with E-state index in [2.05, 4.69) is 5.32 Å². The van der Waals surface area contributed by atoms with Crippen LogP contribution in [0, 0.1) is 10.1 Å². The van der Waals surface area contributed by atoms with Gasteiger partial charge in [-0.3, -0.25) is 14.9 Å². The molecule has 2 aromatic rings. The molecular formula is C14H13N3O3S. The zero-order valence-corrected chi connectivity index (χ0v) is 12.0. The van der Waals surface area contributed by atoms with E-state index < -0.39 is 4.92 Å². The molecule has 0 radical (unpaired) electrons. The van der Waals surface area contributed by atoms with Gasteiger partial charge in [-0.25, -0.2) is 0 Å². The molecular weight excluding hydrogens is 290 g/mol. The third-order valence-electron chi connectivity index (χ3n) is 2.61. The fourth-order valence-electron chi connectivity index (χ4n) is 1.72. The highest BCUT2D eigenvalue weighted by Crippen LogP contribution is 2.38. The number of hydrogen-bond acceptors (Lipinski definition) is 5. The van der Waals surface area contributed by atoms with Crippen LogP contribution in [0.25, 0.3) is 0 Å². The van der Waals surface area contributed by atoms with Crippen LogP contribution >= 0.6 is 11.8 Å². The quantitative estimate of drug-likeness (QED) is 0.513. The molecule has 0 spiro atoms. The van der Waals surface area contributed by atoms with Gasteiger partial charge in [0.05, 0.1) is 9.82 Å². The van der Waals surface area contributed by atoms with Gasteiger partial charge in [-0.15, -0.1) is 0 Å². The van der Waals surface area contributed by atoms with Crippen molar-refractivity contribution in [3.05, 3.63) is 52.6 Å². The molecule has 0 aliphatic heterocycles. The van der Waals surface area contributed by atoms with Crippen molar-refractivity contribution >= 4 is 34.7 Å². The van der Waals surface area contributed by atoms with Crippen LogP contribution in [0.1, 0.15) is 6.92 Å². The zero-order valence-electron chi connectivity index (χ0n) is 11.2. The number of nitrogens with one attached hydrogen (secondary N) is 1. The van der Waals surface area contributed by atoms with Crippen LogP contribution in [0.5, 0.6) is 0 Å². The molecule has 0 saturated heterocycles. The molecule has 0 aliphatic carbocycles. The molecule has 0 bridgehead atoms. The van der Waals surface area contributed by atoms with Crippen molar-refractivity contribution in [3.8, 4) is 0 Å². The minimum atomic E-state index is -0.479. The van der Waals surface area contributed by atoms with Crippen LogP contribution in [0.2, 0.25) is 0 Å². The van der Waals surface area contributed by atoms with Crippen molar-refractivity contribution in [2.75, 3.05) is 11.1 Å². The van der Waals surface area contributed by atoms with Gasteiger partial charge in [0.1, 0.15) is 0 Å². The first kappa shape index (κ1) is 14.9. The minimum absolute atomic E-state index is 0.0745. The molecule has 2 rings (SSSR count). The molecule has 0 aromatic heterocycles. The number of nitro groups is 1. The van der Waals surface area contributed by atoms with Crippen LogP contribution in [-0.4, -0.2) is 10.8 Å². The van der Waals surface area contributed by atoms with Crippen molar-refractivity contribution in [3.63, 3.8) is 0 Å². The fourth-order valence-corrected chi connectivity index (χ4v) is 2.66. The smallest absolute Gasteiger partial charge is 0.285 e. The maximum Gasteiger partial charge on any atom is 0.285 e. The first-order chi connectivity index (χ1) is 9.97. The molecule has 0 saturated carbocycles. The number of nitrogens with zero attached hydrogens (tertiary/aromatic N) is 1. The second-order valence-electron chi connectivity index (χ2n) is 4.26. The zero-order chi connectivity index (χ0) is 15.4. The van der Waals surface area contributed by atoms with E-state index in [1.165, 1.54) is 24.8 Å². The highest BCUT2D eigenvalue weighted by molar-refractivity contribution is 7.99. The number of hydrogen-bond donors (Lipinski definition) is 2. The molecule has 0 heterocycles. The van der Waals surface area contributed by atoms with Gasteiger partial charge in [-0.05, 0) is 24.3 Å². The lowest BCUT2D eigenvalue weighted by atomic mass is 10.3. The van der Waals surface area contributed by atoms with E-state index in [-0.39, 0.29) is 11.6 Å². The van der Waals surface area contributed by atoms with Gasteiger partial charge in [-0.2, -0.15) is 0 Å². The Bertz CT molecular complexity index is 704. The summed E-state index contributed by atoms with van der Waals surface area (Å²) in [6, 6.07) is 11.7. The number of anilines is 2. The number of benzene rings is 2. The summed E-state index contributed by atoms with van der Waals surface area (Å²) in [5.74, 6) is -0.281. The number of nitro benzene ring substituents is 1. The van der Waals surface area contributed by atoms with E-state index >= 15 is 0 Å². The average molecular weight is 303 g/mol. The second-order valence-corrected chi connectivity index (χ2v) is 5.34. The summed E-state index contributed by atoms with van der Waals surface area (Å²) in [4.78, 5) is 22.9. The van der Waals surface area contributed by atoms with Gasteiger partial charge in [0, 0.05) is 29.3 Å². The van der Waals surface area contributed by atoms with E-state index in [1.807, 2.05) is 6.07 Å². The summed E-state index contributed by atoms with van der Waals surface area (Å²) in [5.41, 5.74) is 6.71. The number of nitrogens with two attached hydrogens (primary N) is 1. The van der Waals surface area contributed by atoms with E-state index in [0.29, 0.717) is 16.3 Å². The highest BCUT2D eigenvalue weighted by atomic mass is 32.2. The summed E-state index contributed by atoms with van der Waals surface area (Å²) >= 11 is 1.22. The Morgan fingerprint density at radius 2 is 1.95 bits per heavy atom. The predicted molar refractivity (Wildman–Crippen MR) is 82.4 cm³/mol. The molecule has 7 heteroatoms. The largest absolute Gasteiger partial charge is 0.398 e. The number of para-hydroxylation sites is 1. The lowest BCUT2D eigenvalue weighted by Crippen LogP contribution is -2.06. The van der Waals surface area contributed by atoms with Gasteiger partial charge < -0.3 is 11.1 Å². The standard InChI is InChI=1S/C14H13N3O3S/c1-9(18)16-10-6-7-14(12(8-10)17(19)20)21-13-5-3-2-4-11(13)15/h2-8H,15H2,1H3,(H,16,18). The van der Waals surface area contributed by atoms with E-state index in [4.69, 9.17) is 5.73 Å². The monoisotopic (exact) mass is 303 g/mol. The average Bonchev–Trinajstić information content (AvgIpc) is 2.42. The Morgan fingerprint density at radius 1 is 1.24 bits per heavy atom. The summed E-state index contributed by atoms with van der Waals surface area (Å²) in [6.45, 7) is 1.35. The molecule has 2 aromatic carbocycles. The van der Waals surface area contributed by atoms with Crippen LogP contribution in [0.3, 0.4) is 0 Å². The van der Waals surface area contributed by atoms with Crippen molar-refractivity contribution in [1.82, 2.24) is 0 Å². The van der Waals surface area contributed by atoms with Crippen LogP contribution in [0.4, 0.5) is 17.1 Å². The lowest BCUT2D eigenvalue weighted by molar-refractivity contribution is -0.387. The summed E-state index contributed by atoms with van der Waals surface area (Å²) in [6.07, 6.45) is 0. The maximum atomic E-state index is 11.2. The molecule has 3 N–H and O–H groups in total. The molecule has 0 aliphatic rings.